The second-order valence-corrected chi connectivity index (χ2v) is 10.2. The number of aliphatic hydroxyl groups is 3. The molecule has 9 atom stereocenters. The highest BCUT2D eigenvalue weighted by molar-refractivity contribution is 5.82. The smallest absolute Gasteiger partial charge is 0.314 e. The molecule has 3 N–H and O–H groups in total. The lowest BCUT2D eigenvalue weighted by Gasteiger charge is -2.69. The van der Waals surface area contributed by atoms with Crippen LogP contribution in [-0.2, 0) is 25.5 Å². The average molecular weight is 420 g/mol. The third kappa shape index (κ3) is 2.07. The van der Waals surface area contributed by atoms with Crippen LogP contribution in [0.5, 0.6) is 0 Å². The highest BCUT2D eigenvalue weighted by Crippen LogP contribution is 2.69. The van der Waals surface area contributed by atoms with Crippen molar-refractivity contribution in [2.24, 2.45) is 22.7 Å². The van der Waals surface area contributed by atoms with Gasteiger partial charge in [0.15, 0.2) is 6.10 Å². The predicted octanol–water partition coefficient (Wildman–Crippen LogP) is 0.911. The maximum atomic E-state index is 13.0. The van der Waals surface area contributed by atoms with Crippen LogP contribution in [0.2, 0.25) is 0 Å². The zero-order valence-corrected chi connectivity index (χ0v) is 17.5. The molecule has 0 radical (unpaired) electrons. The summed E-state index contributed by atoms with van der Waals surface area (Å²) in [5.41, 5.74) is -3.24. The van der Waals surface area contributed by atoms with Gasteiger partial charge in [-0.3, -0.25) is 9.59 Å². The van der Waals surface area contributed by atoms with E-state index in [9.17, 15) is 24.9 Å². The van der Waals surface area contributed by atoms with Gasteiger partial charge in [0.2, 0.25) is 0 Å². The van der Waals surface area contributed by atoms with Gasteiger partial charge in [-0.05, 0) is 18.4 Å². The summed E-state index contributed by atoms with van der Waals surface area (Å²) < 4.78 is 17.1. The van der Waals surface area contributed by atoms with Gasteiger partial charge in [-0.1, -0.05) is 20.8 Å². The minimum absolute atomic E-state index is 0.103. The summed E-state index contributed by atoms with van der Waals surface area (Å²) in [5.74, 6) is -1.92. The molecule has 0 unspecified atom stereocenters. The van der Waals surface area contributed by atoms with Crippen molar-refractivity contribution in [3.05, 3.63) is 23.7 Å². The van der Waals surface area contributed by atoms with Crippen molar-refractivity contribution in [1.29, 1.82) is 0 Å². The number of fused-ring (bicyclic) bond motifs is 4. The van der Waals surface area contributed by atoms with Gasteiger partial charge < -0.3 is 29.2 Å². The molecule has 2 saturated carbocycles. The summed E-state index contributed by atoms with van der Waals surface area (Å²) >= 11 is 0. The molecular weight excluding hydrogens is 392 g/mol. The van der Waals surface area contributed by atoms with Crippen LogP contribution in [0.25, 0.3) is 0 Å². The predicted molar refractivity (Wildman–Crippen MR) is 101 cm³/mol. The maximum Gasteiger partial charge on any atom is 0.314 e. The first-order valence-electron chi connectivity index (χ1n) is 10.5. The monoisotopic (exact) mass is 420 g/mol. The Morgan fingerprint density at radius 1 is 1.27 bits per heavy atom. The molecule has 8 heteroatoms. The Kier molecular flexibility index (Phi) is 3.92. The van der Waals surface area contributed by atoms with Crippen molar-refractivity contribution in [1.82, 2.24) is 0 Å². The molecule has 1 aromatic rings. The molecule has 0 amide bonds. The van der Waals surface area contributed by atoms with Crippen LogP contribution in [0.3, 0.4) is 0 Å². The summed E-state index contributed by atoms with van der Waals surface area (Å²) in [6.07, 6.45) is -2.37. The SMILES string of the molecule is CC(=O)O[C@@H]1[C@H]2OC(=O)[C@@H]3c4ccoc4C[C@H]([C@H]23)[C@]2(C)[C@@H](O)[C@@H](O)CC(C)(C)[C@@]12O. The molecule has 30 heavy (non-hydrogen) atoms. The number of esters is 2. The lowest BCUT2D eigenvalue weighted by molar-refractivity contribution is -0.345. The highest BCUT2D eigenvalue weighted by Gasteiger charge is 2.79. The quantitative estimate of drug-likeness (QED) is 0.573. The van der Waals surface area contributed by atoms with Gasteiger partial charge in [0.25, 0.3) is 0 Å². The summed E-state index contributed by atoms with van der Waals surface area (Å²) in [6.45, 7) is 6.54. The Morgan fingerprint density at radius 3 is 2.63 bits per heavy atom. The van der Waals surface area contributed by atoms with Gasteiger partial charge in [-0.15, -0.1) is 0 Å². The lowest BCUT2D eigenvalue weighted by Crippen LogP contribution is -2.81. The average Bonchev–Trinajstić information content (AvgIpc) is 3.25. The van der Waals surface area contributed by atoms with E-state index in [0.717, 1.165) is 5.56 Å². The number of carbonyl (C=O) groups is 2. The fourth-order valence-corrected chi connectivity index (χ4v) is 7.34. The van der Waals surface area contributed by atoms with Crippen molar-refractivity contribution in [2.45, 2.75) is 76.5 Å². The number of aliphatic hydroxyl groups excluding tert-OH is 2. The van der Waals surface area contributed by atoms with Crippen molar-refractivity contribution in [3.8, 4) is 0 Å². The van der Waals surface area contributed by atoms with Crippen LogP contribution in [0.4, 0.5) is 0 Å². The van der Waals surface area contributed by atoms with Gasteiger partial charge in [0.05, 0.1) is 24.4 Å². The van der Waals surface area contributed by atoms with Crippen LogP contribution in [0, 0.1) is 22.7 Å². The molecule has 0 bridgehead atoms. The summed E-state index contributed by atoms with van der Waals surface area (Å²) in [5, 5.41) is 34.4. The molecule has 3 fully saturated rings. The zero-order valence-electron chi connectivity index (χ0n) is 17.5. The van der Waals surface area contributed by atoms with E-state index in [1.54, 1.807) is 26.8 Å². The largest absolute Gasteiger partial charge is 0.469 e. The number of carbonyl (C=O) groups excluding carboxylic acids is 2. The zero-order chi connectivity index (χ0) is 21.8. The third-order valence-electron chi connectivity index (χ3n) is 8.58. The van der Waals surface area contributed by atoms with E-state index >= 15 is 0 Å². The minimum Gasteiger partial charge on any atom is -0.469 e. The van der Waals surface area contributed by atoms with E-state index < -0.39 is 70.5 Å². The van der Waals surface area contributed by atoms with E-state index in [1.165, 1.54) is 13.2 Å². The molecule has 3 aliphatic carbocycles. The molecule has 1 saturated heterocycles. The van der Waals surface area contributed by atoms with Crippen molar-refractivity contribution in [3.63, 3.8) is 0 Å². The Hall–Kier alpha value is -1.90. The second kappa shape index (κ2) is 5.87. The maximum absolute atomic E-state index is 13.0. The van der Waals surface area contributed by atoms with Gasteiger partial charge >= 0.3 is 11.9 Å². The van der Waals surface area contributed by atoms with E-state index in [-0.39, 0.29) is 6.42 Å². The van der Waals surface area contributed by atoms with Crippen LogP contribution < -0.4 is 0 Å². The van der Waals surface area contributed by atoms with Gasteiger partial charge in [-0.25, -0.2) is 0 Å². The molecule has 1 aromatic heterocycles. The normalized spacial score (nSPS) is 48.2. The van der Waals surface area contributed by atoms with Crippen LogP contribution in [0.15, 0.2) is 16.7 Å². The summed E-state index contributed by atoms with van der Waals surface area (Å²) in [4.78, 5) is 25.0. The molecule has 0 spiro atoms. The number of hydrogen-bond acceptors (Lipinski definition) is 8. The van der Waals surface area contributed by atoms with Crippen LogP contribution in [-0.4, -0.2) is 57.3 Å². The summed E-state index contributed by atoms with van der Waals surface area (Å²) in [6, 6.07) is 1.75. The molecule has 4 aliphatic rings. The first kappa shape index (κ1) is 20.0. The Morgan fingerprint density at radius 2 is 1.97 bits per heavy atom. The molecule has 164 valence electrons. The second-order valence-electron chi connectivity index (χ2n) is 10.2. The fraction of sp³-hybridized carbons (Fsp3) is 0.727. The van der Waals surface area contributed by atoms with E-state index in [0.29, 0.717) is 12.2 Å². The van der Waals surface area contributed by atoms with E-state index in [1.807, 2.05) is 0 Å². The Balaban J connectivity index is 1.78. The standard InChI is InChI=1S/C22H28O8/c1-9(23)29-18-16-15-11(7-13-10(5-6-28-13)14(15)19(26)30-16)21(4)17(25)12(24)8-20(2,3)22(18,21)27/h5-6,11-12,14-18,24-25,27H,7-8H2,1-4H3/t11-,12+,14-,15+,16+,17+,18-,21-,22+/m1/s1. The van der Waals surface area contributed by atoms with Crippen LogP contribution >= 0.6 is 0 Å². The van der Waals surface area contributed by atoms with Gasteiger partial charge in [0, 0.05) is 35.7 Å². The number of hydrogen-bond donors (Lipinski definition) is 3. The van der Waals surface area contributed by atoms with Crippen molar-refractivity contribution in [2.75, 3.05) is 0 Å². The molecule has 8 nitrogen and oxygen atoms in total. The van der Waals surface area contributed by atoms with Gasteiger partial charge in [-0.2, -0.15) is 0 Å². The molecular formula is C22H28O8. The molecule has 0 aromatic carbocycles. The first-order chi connectivity index (χ1) is 13.9. The fourth-order valence-electron chi connectivity index (χ4n) is 7.34. The van der Waals surface area contributed by atoms with E-state index in [2.05, 4.69) is 0 Å². The molecule has 2 heterocycles. The highest BCUT2D eigenvalue weighted by atomic mass is 16.6. The number of ether oxygens (including phenoxy) is 2. The topological polar surface area (TPSA) is 126 Å². The lowest BCUT2D eigenvalue weighted by atomic mass is 9.39. The van der Waals surface area contributed by atoms with Gasteiger partial charge in [0.1, 0.15) is 17.5 Å². The Bertz CT molecular complexity index is 920. The third-order valence-corrected chi connectivity index (χ3v) is 8.58. The van der Waals surface area contributed by atoms with Crippen molar-refractivity contribution >= 4 is 11.9 Å². The van der Waals surface area contributed by atoms with Crippen molar-refractivity contribution < 1.29 is 38.8 Å². The minimum atomic E-state index is -1.75. The first-order valence-corrected chi connectivity index (χ1v) is 10.5. The summed E-state index contributed by atoms with van der Waals surface area (Å²) in [7, 11) is 0. The van der Waals surface area contributed by atoms with Crippen LogP contribution in [0.1, 0.15) is 51.4 Å². The van der Waals surface area contributed by atoms with E-state index in [4.69, 9.17) is 13.9 Å². The Labute approximate surface area is 174 Å². The number of rotatable bonds is 1. The molecule has 1 aliphatic heterocycles. The number of furan rings is 1. The molecule has 5 rings (SSSR count).